The zero-order chi connectivity index (χ0) is 7.14. The number of rotatable bonds is 1. The Hall–Kier alpha value is -0.300. The largest absolute Gasteiger partial charge is 0.393 e. The van der Waals surface area contributed by atoms with Crippen molar-refractivity contribution in [3.05, 3.63) is 12.7 Å². The van der Waals surface area contributed by atoms with Crippen molar-refractivity contribution < 1.29 is 5.11 Å². The second-order valence-corrected chi connectivity index (χ2v) is 3.70. The van der Waals surface area contributed by atoms with E-state index in [1.807, 2.05) is 6.08 Å². The summed E-state index contributed by atoms with van der Waals surface area (Å²) in [6, 6.07) is 0. The molecule has 10 heavy (non-hydrogen) atoms. The van der Waals surface area contributed by atoms with Crippen molar-refractivity contribution in [2.45, 2.75) is 25.4 Å². The summed E-state index contributed by atoms with van der Waals surface area (Å²) in [4.78, 5) is 0. The SMILES string of the molecule is C=C[C@@H]1C[C@@H]2C[C@H]1[C@@H](O)C2. The summed E-state index contributed by atoms with van der Waals surface area (Å²) in [5.74, 6) is 1.99. The second-order valence-electron chi connectivity index (χ2n) is 3.70. The first kappa shape index (κ1) is 6.41. The normalized spacial score (nSPS) is 51.7. The van der Waals surface area contributed by atoms with Crippen molar-refractivity contribution in [1.29, 1.82) is 0 Å². The molecule has 2 aliphatic carbocycles. The zero-order valence-corrected chi connectivity index (χ0v) is 6.16. The minimum absolute atomic E-state index is 0.0123. The lowest BCUT2D eigenvalue weighted by atomic mass is 9.87. The van der Waals surface area contributed by atoms with Crippen LogP contribution in [0.3, 0.4) is 0 Å². The van der Waals surface area contributed by atoms with Crippen LogP contribution in [0.1, 0.15) is 19.3 Å². The molecule has 2 fully saturated rings. The van der Waals surface area contributed by atoms with E-state index in [9.17, 15) is 5.11 Å². The van der Waals surface area contributed by atoms with Crippen LogP contribution in [-0.4, -0.2) is 11.2 Å². The molecule has 2 saturated carbocycles. The van der Waals surface area contributed by atoms with E-state index in [1.165, 1.54) is 12.8 Å². The molecule has 0 heterocycles. The molecule has 1 N–H and O–H groups in total. The van der Waals surface area contributed by atoms with Crippen LogP contribution in [0, 0.1) is 17.8 Å². The number of aliphatic hydroxyl groups excluding tert-OH is 1. The first-order chi connectivity index (χ1) is 4.81. The van der Waals surface area contributed by atoms with E-state index < -0.39 is 0 Å². The summed E-state index contributed by atoms with van der Waals surface area (Å²) in [7, 11) is 0. The van der Waals surface area contributed by atoms with Gasteiger partial charge in [-0.2, -0.15) is 0 Å². The summed E-state index contributed by atoms with van der Waals surface area (Å²) < 4.78 is 0. The second kappa shape index (κ2) is 2.09. The Balaban J connectivity index is 2.12. The van der Waals surface area contributed by atoms with Crippen LogP contribution in [0.5, 0.6) is 0 Å². The monoisotopic (exact) mass is 138 g/mol. The van der Waals surface area contributed by atoms with Gasteiger partial charge in [0.15, 0.2) is 0 Å². The van der Waals surface area contributed by atoms with Gasteiger partial charge in [-0.3, -0.25) is 0 Å². The fourth-order valence-electron chi connectivity index (χ4n) is 2.64. The van der Waals surface area contributed by atoms with Gasteiger partial charge in [0.1, 0.15) is 0 Å². The van der Waals surface area contributed by atoms with E-state index in [-0.39, 0.29) is 6.10 Å². The van der Waals surface area contributed by atoms with Crippen molar-refractivity contribution in [2.75, 3.05) is 0 Å². The quantitative estimate of drug-likeness (QED) is 0.545. The predicted molar refractivity (Wildman–Crippen MR) is 40.5 cm³/mol. The highest BCUT2D eigenvalue weighted by Crippen LogP contribution is 2.48. The summed E-state index contributed by atoms with van der Waals surface area (Å²) in [5, 5.41) is 9.47. The number of allylic oxidation sites excluding steroid dienone is 1. The summed E-state index contributed by atoms with van der Waals surface area (Å²) in [6.07, 6.45) is 5.59. The third-order valence-corrected chi connectivity index (χ3v) is 3.13. The van der Waals surface area contributed by atoms with Crippen molar-refractivity contribution in [2.24, 2.45) is 17.8 Å². The smallest absolute Gasteiger partial charge is 0.0576 e. The topological polar surface area (TPSA) is 20.2 Å². The van der Waals surface area contributed by atoms with E-state index in [4.69, 9.17) is 0 Å². The van der Waals surface area contributed by atoms with Crippen LogP contribution in [0.4, 0.5) is 0 Å². The maximum absolute atomic E-state index is 9.47. The molecule has 0 saturated heterocycles. The zero-order valence-electron chi connectivity index (χ0n) is 6.16. The molecule has 0 radical (unpaired) electrons. The fraction of sp³-hybridized carbons (Fsp3) is 0.778. The number of hydrogen-bond donors (Lipinski definition) is 1. The maximum atomic E-state index is 9.47. The Morgan fingerprint density at radius 1 is 1.30 bits per heavy atom. The molecule has 2 bridgehead atoms. The Labute approximate surface area is 61.8 Å². The van der Waals surface area contributed by atoms with Gasteiger partial charge in [0.05, 0.1) is 6.10 Å². The first-order valence-electron chi connectivity index (χ1n) is 4.12. The molecule has 0 aromatic heterocycles. The van der Waals surface area contributed by atoms with Crippen molar-refractivity contribution in [3.8, 4) is 0 Å². The molecule has 4 atom stereocenters. The average molecular weight is 138 g/mol. The Kier molecular flexibility index (Phi) is 1.34. The number of fused-ring (bicyclic) bond motifs is 2. The van der Waals surface area contributed by atoms with E-state index >= 15 is 0 Å². The van der Waals surface area contributed by atoms with Crippen LogP contribution in [-0.2, 0) is 0 Å². The van der Waals surface area contributed by atoms with Crippen LogP contribution < -0.4 is 0 Å². The van der Waals surface area contributed by atoms with Crippen molar-refractivity contribution in [3.63, 3.8) is 0 Å². The van der Waals surface area contributed by atoms with Crippen molar-refractivity contribution >= 4 is 0 Å². The van der Waals surface area contributed by atoms with Crippen molar-refractivity contribution in [1.82, 2.24) is 0 Å². The fourth-order valence-corrected chi connectivity index (χ4v) is 2.64. The van der Waals surface area contributed by atoms with E-state index in [1.54, 1.807) is 0 Å². The number of aliphatic hydroxyl groups is 1. The van der Waals surface area contributed by atoms with Gasteiger partial charge in [-0.15, -0.1) is 6.58 Å². The molecule has 0 spiro atoms. The van der Waals surface area contributed by atoms with Gasteiger partial charge in [0.2, 0.25) is 0 Å². The van der Waals surface area contributed by atoms with Crippen LogP contribution in [0.25, 0.3) is 0 Å². The van der Waals surface area contributed by atoms with E-state index in [2.05, 4.69) is 6.58 Å². The lowest BCUT2D eigenvalue weighted by molar-refractivity contribution is 0.0943. The van der Waals surface area contributed by atoms with Gasteiger partial charge in [-0.05, 0) is 37.0 Å². The average Bonchev–Trinajstić information content (AvgIpc) is 2.44. The molecule has 56 valence electrons. The molecule has 0 aliphatic heterocycles. The first-order valence-corrected chi connectivity index (χ1v) is 4.12. The molecule has 0 amide bonds. The highest BCUT2D eigenvalue weighted by Gasteiger charge is 2.43. The van der Waals surface area contributed by atoms with Gasteiger partial charge in [-0.1, -0.05) is 6.08 Å². The molecular formula is C9H14O. The Morgan fingerprint density at radius 2 is 2.10 bits per heavy atom. The van der Waals surface area contributed by atoms with Crippen LogP contribution in [0.2, 0.25) is 0 Å². The maximum Gasteiger partial charge on any atom is 0.0576 e. The molecule has 1 nitrogen and oxygen atoms in total. The Morgan fingerprint density at radius 3 is 2.50 bits per heavy atom. The van der Waals surface area contributed by atoms with Crippen LogP contribution >= 0.6 is 0 Å². The molecule has 1 heteroatoms. The minimum atomic E-state index is -0.0123. The molecule has 2 aliphatic rings. The highest BCUT2D eigenvalue weighted by atomic mass is 16.3. The third-order valence-electron chi connectivity index (χ3n) is 3.13. The Bertz CT molecular complexity index is 153. The van der Waals surface area contributed by atoms with Crippen LogP contribution in [0.15, 0.2) is 12.7 Å². The standard InChI is InChI=1S/C9H14O/c1-2-7-3-6-4-8(7)9(10)5-6/h2,6-10H,1,3-5H2/t6-,7-,8-,9+/m1/s1. The summed E-state index contributed by atoms with van der Waals surface area (Å²) in [6.45, 7) is 3.78. The third kappa shape index (κ3) is 0.734. The lowest BCUT2D eigenvalue weighted by Gasteiger charge is -2.22. The molecule has 0 aromatic carbocycles. The summed E-state index contributed by atoms with van der Waals surface area (Å²) in [5.41, 5.74) is 0. The summed E-state index contributed by atoms with van der Waals surface area (Å²) >= 11 is 0. The lowest BCUT2D eigenvalue weighted by Crippen LogP contribution is -2.22. The molecule has 0 unspecified atom stereocenters. The molecule has 0 aromatic rings. The highest BCUT2D eigenvalue weighted by molar-refractivity contribution is 5.01. The molecular weight excluding hydrogens is 124 g/mol. The van der Waals surface area contributed by atoms with Gasteiger partial charge in [0, 0.05) is 0 Å². The van der Waals surface area contributed by atoms with E-state index in [0.29, 0.717) is 11.8 Å². The molecule has 2 rings (SSSR count). The van der Waals surface area contributed by atoms with E-state index in [0.717, 1.165) is 12.3 Å². The van der Waals surface area contributed by atoms with Gasteiger partial charge >= 0.3 is 0 Å². The predicted octanol–water partition coefficient (Wildman–Crippen LogP) is 1.58. The van der Waals surface area contributed by atoms with Gasteiger partial charge < -0.3 is 5.11 Å². The number of hydrogen-bond acceptors (Lipinski definition) is 1. The minimum Gasteiger partial charge on any atom is -0.393 e. The van der Waals surface area contributed by atoms with Gasteiger partial charge in [-0.25, -0.2) is 0 Å². The van der Waals surface area contributed by atoms with Gasteiger partial charge in [0.25, 0.3) is 0 Å².